The van der Waals surface area contributed by atoms with Crippen molar-refractivity contribution in [1.29, 1.82) is 0 Å². The van der Waals surface area contributed by atoms with E-state index < -0.39 is 0 Å². The van der Waals surface area contributed by atoms with E-state index in [2.05, 4.69) is 11.8 Å². The summed E-state index contributed by atoms with van der Waals surface area (Å²) in [7, 11) is 1.65. The van der Waals surface area contributed by atoms with Gasteiger partial charge in [0.1, 0.15) is 6.61 Å². The van der Waals surface area contributed by atoms with E-state index in [0.29, 0.717) is 31.1 Å². The first-order valence-electron chi connectivity index (χ1n) is 12.6. The Kier molecular flexibility index (Phi) is 11.2. The summed E-state index contributed by atoms with van der Waals surface area (Å²) in [4.78, 5) is 17.5. The Hall–Kier alpha value is -2.57. The number of unbranched alkanes of at least 4 members (excludes halogenated alkanes) is 3. The van der Waals surface area contributed by atoms with E-state index in [0.717, 1.165) is 63.4 Å². The van der Waals surface area contributed by atoms with E-state index in [9.17, 15) is 4.79 Å². The third-order valence-corrected chi connectivity index (χ3v) is 6.23. The van der Waals surface area contributed by atoms with Crippen molar-refractivity contribution in [2.75, 3.05) is 46.5 Å². The van der Waals surface area contributed by atoms with E-state index in [1.54, 1.807) is 7.11 Å². The molecular weight excluding hydrogens is 428 g/mol. The predicted octanol–water partition coefficient (Wildman–Crippen LogP) is 4.91. The summed E-state index contributed by atoms with van der Waals surface area (Å²) in [6.07, 6.45) is 5.03. The first kappa shape index (κ1) is 26.0. The van der Waals surface area contributed by atoms with Gasteiger partial charge in [-0.2, -0.15) is 0 Å². The number of benzene rings is 2. The second-order valence-electron chi connectivity index (χ2n) is 8.84. The van der Waals surface area contributed by atoms with Crippen molar-refractivity contribution in [1.82, 2.24) is 9.80 Å². The molecule has 34 heavy (non-hydrogen) atoms. The van der Waals surface area contributed by atoms with E-state index >= 15 is 0 Å². The summed E-state index contributed by atoms with van der Waals surface area (Å²) in [5, 5.41) is 0. The van der Waals surface area contributed by atoms with E-state index in [-0.39, 0.29) is 5.91 Å². The van der Waals surface area contributed by atoms with Gasteiger partial charge in [0.15, 0.2) is 11.5 Å². The summed E-state index contributed by atoms with van der Waals surface area (Å²) in [6.45, 7) is 8.22. The fourth-order valence-corrected chi connectivity index (χ4v) is 4.13. The lowest BCUT2D eigenvalue weighted by atomic mass is 10.1. The Balaban J connectivity index is 1.66. The molecule has 0 bridgehead atoms. The lowest BCUT2D eigenvalue weighted by Crippen LogP contribution is -2.42. The molecule has 1 amide bonds. The molecule has 186 valence electrons. The highest BCUT2D eigenvalue weighted by Gasteiger charge is 2.18. The number of amides is 1. The van der Waals surface area contributed by atoms with Crippen molar-refractivity contribution < 1.29 is 19.0 Å². The van der Waals surface area contributed by atoms with Gasteiger partial charge in [-0.15, -0.1) is 0 Å². The van der Waals surface area contributed by atoms with Crippen LogP contribution in [0.15, 0.2) is 48.5 Å². The Morgan fingerprint density at radius 1 is 1.00 bits per heavy atom. The van der Waals surface area contributed by atoms with Crippen molar-refractivity contribution in [3.63, 3.8) is 0 Å². The van der Waals surface area contributed by atoms with Gasteiger partial charge in [0, 0.05) is 39.1 Å². The van der Waals surface area contributed by atoms with Crippen molar-refractivity contribution in [2.45, 2.75) is 52.2 Å². The Morgan fingerprint density at radius 3 is 2.53 bits per heavy atom. The number of hydrogen-bond acceptors (Lipinski definition) is 5. The highest BCUT2D eigenvalue weighted by Crippen LogP contribution is 2.29. The lowest BCUT2D eigenvalue weighted by Gasteiger charge is -2.30. The Morgan fingerprint density at radius 2 is 1.79 bits per heavy atom. The third-order valence-electron chi connectivity index (χ3n) is 6.23. The minimum Gasteiger partial charge on any atom is -0.493 e. The van der Waals surface area contributed by atoms with Crippen molar-refractivity contribution in [2.24, 2.45) is 0 Å². The lowest BCUT2D eigenvalue weighted by molar-refractivity contribution is -0.132. The maximum absolute atomic E-state index is 13.1. The molecule has 6 nitrogen and oxygen atoms in total. The molecule has 0 unspecified atom stereocenters. The first-order chi connectivity index (χ1) is 16.7. The van der Waals surface area contributed by atoms with Crippen LogP contribution >= 0.6 is 0 Å². The van der Waals surface area contributed by atoms with Crippen LogP contribution < -0.4 is 9.47 Å². The molecule has 0 spiro atoms. The van der Waals surface area contributed by atoms with Gasteiger partial charge in [0.25, 0.3) is 0 Å². The molecule has 6 heteroatoms. The molecule has 3 rings (SSSR count). The van der Waals surface area contributed by atoms with E-state index in [4.69, 9.17) is 14.2 Å². The quantitative estimate of drug-likeness (QED) is 0.369. The van der Waals surface area contributed by atoms with Crippen LogP contribution in [0.3, 0.4) is 0 Å². The van der Waals surface area contributed by atoms with Crippen LogP contribution in [-0.2, 0) is 22.7 Å². The van der Waals surface area contributed by atoms with Crippen LogP contribution in [0.2, 0.25) is 0 Å². The third kappa shape index (κ3) is 8.65. The molecule has 0 aliphatic carbocycles. The summed E-state index contributed by atoms with van der Waals surface area (Å²) in [6, 6.07) is 16.1. The van der Waals surface area contributed by atoms with Crippen LogP contribution in [0.4, 0.5) is 0 Å². The van der Waals surface area contributed by atoms with Gasteiger partial charge in [-0.1, -0.05) is 62.6 Å². The second kappa shape index (κ2) is 14.6. The summed E-state index contributed by atoms with van der Waals surface area (Å²) in [5.74, 6) is 1.63. The molecule has 0 radical (unpaired) electrons. The minimum absolute atomic E-state index is 0.229. The number of carbonyl (C=O) groups excluding carboxylic acids is 1. The molecule has 0 aromatic heterocycles. The maximum atomic E-state index is 13.1. The monoisotopic (exact) mass is 468 g/mol. The first-order valence-corrected chi connectivity index (χ1v) is 12.6. The van der Waals surface area contributed by atoms with Crippen molar-refractivity contribution >= 4 is 5.91 Å². The molecule has 2 aromatic carbocycles. The molecule has 1 aliphatic heterocycles. The van der Waals surface area contributed by atoms with Gasteiger partial charge in [-0.05, 0) is 29.7 Å². The van der Waals surface area contributed by atoms with Crippen LogP contribution in [0.5, 0.6) is 11.5 Å². The van der Waals surface area contributed by atoms with Gasteiger partial charge >= 0.3 is 0 Å². The molecule has 1 fully saturated rings. The van der Waals surface area contributed by atoms with Crippen LogP contribution in [0.25, 0.3) is 0 Å². The van der Waals surface area contributed by atoms with E-state index in [1.165, 1.54) is 12.8 Å². The van der Waals surface area contributed by atoms with E-state index in [1.807, 2.05) is 53.4 Å². The number of hydrogen-bond donors (Lipinski definition) is 0. The fourth-order valence-electron chi connectivity index (χ4n) is 4.13. The average Bonchev–Trinajstić information content (AvgIpc) is 2.89. The van der Waals surface area contributed by atoms with Gasteiger partial charge in [-0.3, -0.25) is 9.69 Å². The zero-order chi connectivity index (χ0) is 24.0. The highest BCUT2D eigenvalue weighted by molar-refractivity contribution is 5.76. The maximum Gasteiger partial charge on any atom is 0.222 e. The van der Waals surface area contributed by atoms with Crippen LogP contribution in [-0.4, -0.2) is 62.2 Å². The molecule has 0 saturated carbocycles. The molecule has 2 aromatic rings. The van der Waals surface area contributed by atoms with Gasteiger partial charge < -0.3 is 19.1 Å². The number of rotatable bonds is 14. The van der Waals surface area contributed by atoms with Gasteiger partial charge in [0.2, 0.25) is 5.91 Å². The summed E-state index contributed by atoms with van der Waals surface area (Å²) < 4.78 is 17.1. The minimum atomic E-state index is 0.229. The van der Waals surface area contributed by atoms with Crippen molar-refractivity contribution in [3.05, 3.63) is 59.7 Å². The number of carbonyl (C=O) groups is 1. The molecule has 1 heterocycles. The zero-order valence-corrected chi connectivity index (χ0v) is 20.8. The highest BCUT2D eigenvalue weighted by atomic mass is 16.5. The standard InChI is InChI=1S/C28H40N2O4/c1-3-4-5-9-12-28(31)30(16-15-29-17-19-33-20-18-29)22-25-13-14-26(32-2)27(21-25)34-23-24-10-7-6-8-11-24/h6-8,10-11,13-14,21H,3-5,9,12,15-20,22-23H2,1-2H3. The summed E-state index contributed by atoms with van der Waals surface area (Å²) in [5.41, 5.74) is 2.15. The van der Waals surface area contributed by atoms with Crippen LogP contribution in [0, 0.1) is 0 Å². The average molecular weight is 469 g/mol. The zero-order valence-electron chi connectivity index (χ0n) is 20.8. The number of nitrogens with zero attached hydrogens (tertiary/aromatic N) is 2. The molecule has 0 N–H and O–H groups in total. The predicted molar refractivity (Wildman–Crippen MR) is 135 cm³/mol. The number of morpholine rings is 1. The number of ether oxygens (including phenoxy) is 3. The number of methoxy groups -OCH3 is 1. The largest absolute Gasteiger partial charge is 0.493 e. The van der Waals surface area contributed by atoms with Gasteiger partial charge in [-0.25, -0.2) is 0 Å². The smallest absolute Gasteiger partial charge is 0.222 e. The normalized spacial score (nSPS) is 14.1. The van der Waals surface area contributed by atoms with Crippen molar-refractivity contribution in [3.8, 4) is 11.5 Å². The molecule has 1 saturated heterocycles. The molecular formula is C28H40N2O4. The van der Waals surface area contributed by atoms with Gasteiger partial charge in [0.05, 0.1) is 20.3 Å². The topological polar surface area (TPSA) is 51.2 Å². The van der Waals surface area contributed by atoms with Crippen LogP contribution in [0.1, 0.15) is 50.2 Å². The molecule has 1 aliphatic rings. The molecule has 0 atom stereocenters. The fraction of sp³-hybridized carbons (Fsp3) is 0.536. The summed E-state index contributed by atoms with van der Waals surface area (Å²) >= 11 is 0. The SMILES string of the molecule is CCCCCCC(=O)N(CCN1CCOCC1)Cc1ccc(OC)c(OCc2ccccc2)c1. The Labute approximate surface area is 204 Å². The second-order valence-corrected chi connectivity index (χ2v) is 8.84. The Bertz CT molecular complexity index is 853.